The van der Waals surface area contributed by atoms with Gasteiger partial charge >= 0.3 is 0 Å². The SMILES string of the molecule is CC1(C(=O)c2cscc2Br)CCNCC1. The molecule has 0 bridgehead atoms. The van der Waals surface area contributed by atoms with Crippen LogP contribution >= 0.6 is 27.3 Å². The van der Waals surface area contributed by atoms with Crippen molar-refractivity contribution in [3.8, 4) is 0 Å². The lowest BCUT2D eigenvalue weighted by atomic mass is 9.75. The molecule has 0 saturated carbocycles. The lowest BCUT2D eigenvalue weighted by Gasteiger charge is -2.32. The first kappa shape index (κ1) is 11.3. The Kier molecular flexibility index (Phi) is 3.28. The van der Waals surface area contributed by atoms with Crippen LogP contribution in [0.4, 0.5) is 0 Å². The van der Waals surface area contributed by atoms with Crippen molar-refractivity contribution in [1.82, 2.24) is 5.32 Å². The molecule has 0 amide bonds. The third-order valence-electron chi connectivity index (χ3n) is 3.11. The van der Waals surface area contributed by atoms with Crippen molar-refractivity contribution < 1.29 is 4.79 Å². The maximum Gasteiger partial charge on any atom is 0.170 e. The van der Waals surface area contributed by atoms with E-state index in [1.54, 1.807) is 11.3 Å². The van der Waals surface area contributed by atoms with Crippen molar-refractivity contribution in [3.05, 3.63) is 20.8 Å². The molecular weight excluding hydrogens is 274 g/mol. The molecule has 0 radical (unpaired) electrons. The second kappa shape index (κ2) is 4.36. The van der Waals surface area contributed by atoms with Gasteiger partial charge in [0, 0.05) is 26.2 Å². The summed E-state index contributed by atoms with van der Waals surface area (Å²) >= 11 is 5.01. The number of carbonyl (C=O) groups is 1. The second-order valence-corrected chi connectivity index (χ2v) is 5.87. The molecule has 0 unspecified atom stereocenters. The Morgan fingerprint density at radius 2 is 2.13 bits per heavy atom. The summed E-state index contributed by atoms with van der Waals surface area (Å²) in [6, 6.07) is 0. The van der Waals surface area contributed by atoms with Crippen molar-refractivity contribution in [2.75, 3.05) is 13.1 Å². The molecule has 82 valence electrons. The Morgan fingerprint density at radius 1 is 1.47 bits per heavy atom. The number of ketones is 1. The van der Waals surface area contributed by atoms with Crippen molar-refractivity contribution in [1.29, 1.82) is 0 Å². The van der Waals surface area contributed by atoms with Gasteiger partial charge in [-0.3, -0.25) is 4.79 Å². The van der Waals surface area contributed by atoms with Crippen LogP contribution in [0, 0.1) is 5.41 Å². The number of carbonyl (C=O) groups excluding carboxylic acids is 1. The monoisotopic (exact) mass is 287 g/mol. The smallest absolute Gasteiger partial charge is 0.170 e. The van der Waals surface area contributed by atoms with E-state index in [1.165, 1.54) is 0 Å². The summed E-state index contributed by atoms with van der Waals surface area (Å²) in [6.45, 7) is 3.98. The molecule has 0 aromatic carbocycles. The Morgan fingerprint density at radius 3 is 2.67 bits per heavy atom. The van der Waals surface area contributed by atoms with Gasteiger partial charge in [-0.1, -0.05) is 6.92 Å². The lowest BCUT2D eigenvalue weighted by molar-refractivity contribution is 0.0762. The number of thiophene rings is 1. The first-order valence-electron chi connectivity index (χ1n) is 5.11. The van der Waals surface area contributed by atoms with Gasteiger partial charge in [-0.2, -0.15) is 11.3 Å². The van der Waals surface area contributed by atoms with Crippen LogP contribution in [0.15, 0.2) is 15.2 Å². The first-order valence-corrected chi connectivity index (χ1v) is 6.84. The highest BCUT2D eigenvalue weighted by Crippen LogP contribution is 2.35. The number of Topliss-reactive ketones (excluding diaryl/α,β-unsaturated/α-hetero) is 1. The molecule has 1 fully saturated rings. The fourth-order valence-corrected chi connectivity index (χ4v) is 3.43. The minimum atomic E-state index is -0.172. The largest absolute Gasteiger partial charge is 0.317 e. The fraction of sp³-hybridized carbons (Fsp3) is 0.545. The van der Waals surface area contributed by atoms with Crippen molar-refractivity contribution in [2.24, 2.45) is 5.41 Å². The molecule has 1 N–H and O–H groups in total. The van der Waals surface area contributed by atoms with Crippen molar-refractivity contribution in [2.45, 2.75) is 19.8 Å². The molecular formula is C11H14BrNOS. The predicted molar refractivity (Wildman–Crippen MR) is 66.6 cm³/mol. The summed E-state index contributed by atoms with van der Waals surface area (Å²) < 4.78 is 0.942. The van der Waals surface area contributed by atoms with E-state index in [-0.39, 0.29) is 11.2 Å². The Bertz CT molecular complexity index is 368. The summed E-state index contributed by atoms with van der Waals surface area (Å²) in [6.07, 6.45) is 1.88. The third-order valence-corrected chi connectivity index (χ3v) is 4.82. The highest BCUT2D eigenvalue weighted by atomic mass is 79.9. The van der Waals surface area contributed by atoms with E-state index in [1.807, 2.05) is 10.8 Å². The Labute approximate surface area is 102 Å². The lowest BCUT2D eigenvalue weighted by Crippen LogP contribution is -2.40. The maximum absolute atomic E-state index is 12.4. The molecule has 1 aromatic heterocycles. The van der Waals surface area contributed by atoms with Crippen LogP contribution in [0.2, 0.25) is 0 Å². The molecule has 1 aliphatic rings. The van der Waals surface area contributed by atoms with Gasteiger partial charge in [0.25, 0.3) is 0 Å². The van der Waals surface area contributed by atoms with E-state index in [9.17, 15) is 4.79 Å². The van der Waals surface area contributed by atoms with Gasteiger partial charge in [-0.25, -0.2) is 0 Å². The highest BCUT2D eigenvalue weighted by Gasteiger charge is 2.35. The van der Waals surface area contributed by atoms with Crippen molar-refractivity contribution in [3.63, 3.8) is 0 Å². The van der Waals surface area contributed by atoms with E-state index < -0.39 is 0 Å². The molecule has 2 nitrogen and oxygen atoms in total. The normalized spacial score (nSPS) is 20.1. The Hall–Kier alpha value is -0.190. The molecule has 4 heteroatoms. The zero-order valence-corrected chi connectivity index (χ0v) is 11.1. The molecule has 0 atom stereocenters. The number of rotatable bonds is 2. The summed E-state index contributed by atoms with van der Waals surface area (Å²) in [5, 5.41) is 7.21. The fourth-order valence-electron chi connectivity index (χ4n) is 1.97. The van der Waals surface area contributed by atoms with Crippen LogP contribution < -0.4 is 5.32 Å². The topological polar surface area (TPSA) is 29.1 Å². The third kappa shape index (κ3) is 2.17. The average Bonchev–Trinajstić information content (AvgIpc) is 2.64. The minimum Gasteiger partial charge on any atom is -0.317 e. The van der Waals surface area contributed by atoms with Gasteiger partial charge in [0.1, 0.15) is 0 Å². The number of hydrogen-bond acceptors (Lipinski definition) is 3. The number of hydrogen-bond donors (Lipinski definition) is 1. The molecule has 1 aromatic rings. The summed E-state index contributed by atoms with van der Waals surface area (Å²) in [4.78, 5) is 12.4. The van der Waals surface area contributed by atoms with E-state index in [4.69, 9.17) is 0 Å². The molecule has 2 heterocycles. The second-order valence-electron chi connectivity index (χ2n) is 4.27. The molecule has 1 saturated heterocycles. The summed E-state index contributed by atoms with van der Waals surface area (Å²) in [5.74, 6) is 0.289. The van der Waals surface area contributed by atoms with E-state index in [0.717, 1.165) is 36.0 Å². The number of piperidine rings is 1. The standard InChI is InChI=1S/C11H14BrNOS/c1-11(2-4-13-5-3-11)10(14)8-6-15-7-9(8)12/h6-7,13H,2-5H2,1H3. The van der Waals surface area contributed by atoms with Crippen LogP contribution in [-0.2, 0) is 0 Å². The molecule has 0 spiro atoms. The van der Waals surface area contributed by atoms with E-state index >= 15 is 0 Å². The van der Waals surface area contributed by atoms with Gasteiger partial charge in [-0.15, -0.1) is 0 Å². The van der Waals surface area contributed by atoms with Crippen LogP contribution in [0.1, 0.15) is 30.1 Å². The van der Waals surface area contributed by atoms with E-state index in [2.05, 4.69) is 28.2 Å². The first-order chi connectivity index (χ1) is 7.13. The zero-order valence-electron chi connectivity index (χ0n) is 8.68. The van der Waals surface area contributed by atoms with Crippen LogP contribution in [0.25, 0.3) is 0 Å². The quantitative estimate of drug-likeness (QED) is 0.847. The predicted octanol–water partition coefficient (Wildman–Crippen LogP) is 3.08. The van der Waals surface area contributed by atoms with Crippen molar-refractivity contribution >= 4 is 33.0 Å². The Balaban J connectivity index is 2.23. The summed E-state index contributed by atoms with van der Waals surface area (Å²) in [5.41, 5.74) is 0.680. The molecule has 0 aliphatic carbocycles. The minimum absolute atomic E-state index is 0.172. The molecule has 1 aliphatic heterocycles. The number of halogens is 1. The molecule has 2 rings (SSSR count). The zero-order chi connectivity index (χ0) is 10.9. The summed E-state index contributed by atoms with van der Waals surface area (Å²) in [7, 11) is 0. The van der Waals surface area contributed by atoms with Crippen LogP contribution in [0.5, 0.6) is 0 Å². The highest BCUT2D eigenvalue weighted by molar-refractivity contribution is 9.10. The average molecular weight is 288 g/mol. The van der Waals surface area contributed by atoms with Crippen LogP contribution in [-0.4, -0.2) is 18.9 Å². The molecule has 15 heavy (non-hydrogen) atoms. The van der Waals surface area contributed by atoms with Gasteiger partial charge in [0.05, 0.1) is 0 Å². The maximum atomic E-state index is 12.4. The van der Waals surface area contributed by atoms with E-state index in [0.29, 0.717) is 0 Å². The van der Waals surface area contributed by atoms with Gasteiger partial charge in [0.15, 0.2) is 5.78 Å². The van der Waals surface area contributed by atoms with Gasteiger partial charge in [0.2, 0.25) is 0 Å². The van der Waals surface area contributed by atoms with Crippen LogP contribution in [0.3, 0.4) is 0 Å². The number of nitrogens with one attached hydrogen (secondary N) is 1. The van der Waals surface area contributed by atoms with Gasteiger partial charge in [-0.05, 0) is 41.9 Å². The van der Waals surface area contributed by atoms with Gasteiger partial charge < -0.3 is 5.32 Å².